The molecule has 1 aromatic carbocycles. The van der Waals surface area contributed by atoms with Crippen LogP contribution in [0.1, 0.15) is 33.1 Å². The van der Waals surface area contributed by atoms with Crippen molar-refractivity contribution in [3.8, 4) is 5.75 Å². The highest BCUT2D eigenvalue weighted by Crippen LogP contribution is 2.27. The van der Waals surface area contributed by atoms with Gasteiger partial charge in [-0.3, -0.25) is 0 Å². The van der Waals surface area contributed by atoms with Gasteiger partial charge < -0.3 is 15.0 Å². The van der Waals surface area contributed by atoms with Crippen LogP contribution in [0.15, 0.2) is 24.3 Å². The third-order valence-electron chi connectivity index (χ3n) is 3.95. The van der Waals surface area contributed by atoms with E-state index in [0.717, 1.165) is 38.0 Å². The fourth-order valence-electron chi connectivity index (χ4n) is 2.91. The summed E-state index contributed by atoms with van der Waals surface area (Å²) in [6.07, 6.45) is 3.37. The summed E-state index contributed by atoms with van der Waals surface area (Å²) in [5.41, 5.74) is 1.07. The standard InChI is InChI=1S/C16H24F2N2O/c1-3-9-19-13-8-10-20(12(2)11-13)14-4-6-15(7-5-14)21-16(17)18/h4-7,12-13,16,19H,3,8-11H2,1-2H3. The molecule has 0 amide bonds. The summed E-state index contributed by atoms with van der Waals surface area (Å²) in [6.45, 7) is 3.67. The molecule has 1 aromatic rings. The van der Waals surface area contributed by atoms with Crippen LogP contribution in [-0.2, 0) is 0 Å². The average molecular weight is 298 g/mol. The molecule has 5 heteroatoms. The van der Waals surface area contributed by atoms with E-state index in [4.69, 9.17) is 0 Å². The molecule has 2 atom stereocenters. The monoisotopic (exact) mass is 298 g/mol. The molecule has 3 nitrogen and oxygen atoms in total. The number of hydrogen-bond donors (Lipinski definition) is 1. The van der Waals surface area contributed by atoms with Crippen molar-refractivity contribution in [2.24, 2.45) is 0 Å². The van der Waals surface area contributed by atoms with Gasteiger partial charge in [0.1, 0.15) is 5.75 Å². The number of piperidine rings is 1. The van der Waals surface area contributed by atoms with Crippen molar-refractivity contribution in [3.63, 3.8) is 0 Å². The number of nitrogens with zero attached hydrogens (tertiary/aromatic N) is 1. The maximum Gasteiger partial charge on any atom is 0.387 e. The Labute approximate surface area is 125 Å². The molecule has 1 aliphatic rings. The quantitative estimate of drug-likeness (QED) is 0.867. The third-order valence-corrected chi connectivity index (χ3v) is 3.95. The number of alkyl halides is 2. The van der Waals surface area contributed by atoms with Crippen LogP contribution in [0.25, 0.3) is 0 Å². The fourth-order valence-corrected chi connectivity index (χ4v) is 2.91. The first kappa shape index (κ1) is 16.0. The molecule has 1 N–H and O–H groups in total. The topological polar surface area (TPSA) is 24.5 Å². The summed E-state index contributed by atoms with van der Waals surface area (Å²) in [7, 11) is 0. The molecule has 2 rings (SSSR count). The van der Waals surface area contributed by atoms with Crippen molar-refractivity contribution in [3.05, 3.63) is 24.3 Å². The molecule has 1 saturated heterocycles. The Morgan fingerprint density at radius 2 is 2.05 bits per heavy atom. The summed E-state index contributed by atoms with van der Waals surface area (Å²) >= 11 is 0. The van der Waals surface area contributed by atoms with Gasteiger partial charge in [0.2, 0.25) is 0 Å². The summed E-state index contributed by atoms with van der Waals surface area (Å²) in [5, 5.41) is 3.57. The lowest BCUT2D eigenvalue weighted by Gasteiger charge is -2.39. The first-order valence-electron chi connectivity index (χ1n) is 7.65. The van der Waals surface area contributed by atoms with E-state index in [1.807, 2.05) is 12.1 Å². The van der Waals surface area contributed by atoms with Gasteiger partial charge >= 0.3 is 6.61 Å². The van der Waals surface area contributed by atoms with Crippen LogP contribution >= 0.6 is 0 Å². The zero-order valence-corrected chi connectivity index (χ0v) is 12.7. The summed E-state index contributed by atoms with van der Waals surface area (Å²) < 4.78 is 28.7. The Kier molecular flexibility index (Phi) is 5.79. The van der Waals surface area contributed by atoms with Gasteiger partial charge in [-0.15, -0.1) is 0 Å². The second kappa shape index (κ2) is 7.59. The first-order valence-corrected chi connectivity index (χ1v) is 7.65. The van der Waals surface area contributed by atoms with Crippen molar-refractivity contribution < 1.29 is 13.5 Å². The maximum atomic E-state index is 12.1. The molecule has 0 radical (unpaired) electrons. The van der Waals surface area contributed by atoms with Crippen molar-refractivity contribution >= 4 is 5.69 Å². The zero-order chi connectivity index (χ0) is 15.2. The molecule has 0 aromatic heterocycles. The number of nitrogens with one attached hydrogen (secondary N) is 1. The molecule has 118 valence electrons. The molecular weight excluding hydrogens is 274 g/mol. The Morgan fingerprint density at radius 1 is 1.33 bits per heavy atom. The van der Waals surface area contributed by atoms with Crippen LogP contribution in [-0.4, -0.2) is 31.8 Å². The second-order valence-corrected chi connectivity index (χ2v) is 5.59. The molecule has 0 aliphatic carbocycles. The Bertz CT molecular complexity index is 425. The zero-order valence-electron chi connectivity index (χ0n) is 12.7. The minimum atomic E-state index is -2.77. The van der Waals surface area contributed by atoms with Gasteiger partial charge in [0.15, 0.2) is 0 Å². The maximum absolute atomic E-state index is 12.1. The van der Waals surface area contributed by atoms with Gasteiger partial charge in [-0.05, 0) is 57.0 Å². The minimum Gasteiger partial charge on any atom is -0.435 e. The van der Waals surface area contributed by atoms with Gasteiger partial charge in [-0.1, -0.05) is 6.92 Å². The van der Waals surface area contributed by atoms with Gasteiger partial charge in [-0.2, -0.15) is 8.78 Å². The highest BCUT2D eigenvalue weighted by molar-refractivity contribution is 5.50. The van der Waals surface area contributed by atoms with Crippen LogP contribution in [0.4, 0.5) is 14.5 Å². The van der Waals surface area contributed by atoms with Gasteiger partial charge in [0, 0.05) is 24.3 Å². The van der Waals surface area contributed by atoms with E-state index in [-0.39, 0.29) is 5.75 Å². The number of benzene rings is 1. The predicted octanol–water partition coefficient (Wildman–Crippen LogP) is 3.64. The van der Waals surface area contributed by atoms with Crippen molar-refractivity contribution in [1.82, 2.24) is 5.32 Å². The Hall–Kier alpha value is -1.36. The third kappa shape index (κ3) is 4.56. The smallest absolute Gasteiger partial charge is 0.387 e. The van der Waals surface area contributed by atoms with E-state index in [2.05, 4.69) is 28.8 Å². The van der Waals surface area contributed by atoms with Crippen LogP contribution in [0.5, 0.6) is 5.75 Å². The normalized spacial score (nSPS) is 22.6. The number of halogens is 2. The van der Waals surface area contributed by atoms with Gasteiger partial charge in [-0.25, -0.2) is 0 Å². The van der Waals surface area contributed by atoms with Crippen LogP contribution in [0.3, 0.4) is 0 Å². The lowest BCUT2D eigenvalue weighted by molar-refractivity contribution is -0.0498. The van der Waals surface area contributed by atoms with Gasteiger partial charge in [0.25, 0.3) is 0 Å². The summed E-state index contributed by atoms with van der Waals surface area (Å²) in [6, 6.07) is 7.94. The molecule has 21 heavy (non-hydrogen) atoms. The molecule has 1 heterocycles. The Morgan fingerprint density at radius 3 is 2.62 bits per heavy atom. The van der Waals surface area contributed by atoms with E-state index in [9.17, 15) is 8.78 Å². The van der Waals surface area contributed by atoms with E-state index in [1.165, 1.54) is 0 Å². The number of rotatable bonds is 6. The molecule has 0 spiro atoms. The number of hydrogen-bond acceptors (Lipinski definition) is 3. The van der Waals surface area contributed by atoms with Crippen molar-refractivity contribution in [2.75, 3.05) is 18.0 Å². The van der Waals surface area contributed by atoms with Crippen LogP contribution < -0.4 is 15.0 Å². The van der Waals surface area contributed by atoms with E-state index < -0.39 is 6.61 Å². The molecule has 0 saturated carbocycles. The fraction of sp³-hybridized carbons (Fsp3) is 0.625. The lowest BCUT2D eigenvalue weighted by atomic mass is 9.97. The van der Waals surface area contributed by atoms with Crippen LogP contribution in [0.2, 0.25) is 0 Å². The molecule has 1 aliphatic heterocycles. The SMILES string of the molecule is CCCNC1CCN(c2ccc(OC(F)F)cc2)C(C)C1. The minimum absolute atomic E-state index is 0.209. The molecule has 2 unspecified atom stereocenters. The second-order valence-electron chi connectivity index (χ2n) is 5.59. The molecule has 1 fully saturated rings. The predicted molar refractivity (Wildman–Crippen MR) is 81.2 cm³/mol. The number of ether oxygens (including phenoxy) is 1. The highest BCUT2D eigenvalue weighted by Gasteiger charge is 2.25. The van der Waals surface area contributed by atoms with Crippen molar-refractivity contribution in [2.45, 2.75) is 51.8 Å². The Balaban J connectivity index is 1.93. The van der Waals surface area contributed by atoms with Crippen LogP contribution in [0, 0.1) is 0 Å². The largest absolute Gasteiger partial charge is 0.435 e. The highest BCUT2D eigenvalue weighted by atomic mass is 19.3. The first-order chi connectivity index (χ1) is 10.1. The van der Waals surface area contributed by atoms with E-state index in [1.54, 1.807) is 12.1 Å². The molecular formula is C16H24F2N2O. The summed E-state index contributed by atoms with van der Waals surface area (Å²) in [5.74, 6) is 0.209. The number of anilines is 1. The van der Waals surface area contributed by atoms with Gasteiger partial charge in [0.05, 0.1) is 0 Å². The average Bonchev–Trinajstić information content (AvgIpc) is 2.46. The summed E-state index contributed by atoms with van der Waals surface area (Å²) in [4.78, 5) is 2.33. The lowest BCUT2D eigenvalue weighted by Crippen LogP contribution is -2.47. The van der Waals surface area contributed by atoms with Crippen molar-refractivity contribution in [1.29, 1.82) is 0 Å². The molecule has 0 bridgehead atoms. The van der Waals surface area contributed by atoms with E-state index >= 15 is 0 Å². The van der Waals surface area contributed by atoms with E-state index in [0.29, 0.717) is 12.1 Å².